The Balaban J connectivity index is 1.76. The first kappa shape index (κ1) is 22.4. The normalized spacial score (nSPS) is 22.1. The van der Waals surface area contributed by atoms with E-state index in [-0.39, 0.29) is 17.6 Å². The molecule has 0 aliphatic carbocycles. The summed E-state index contributed by atoms with van der Waals surface area (Å²) in [6, 6.07) is 14.2. The van der Waals surface area contributed by atoms with Crippen LogP contribution in [0.2, 0.25) is 0 Å². The highest BCUT2D eigenvalue weighted by Crippen LogP contribution is 2.47. The van der Waals surface area contributed by atoms with Crippen molar-refractivity contribution in [2.45, 2.75) is 43.2 Å². The van der Waals surface area contributed by atoms with Gasteiger partial charge in [0.1, 0.15) is 6.10 Å². The zero-order valence-corrected chi connectivity index (χ0v) is 20.3. The van der Waals surface area contributed by atoms with E-state index in [9.17, 15) is 8.42 Å². The zero-order valence-electron chi connectivity index (χ0n) is 19.5. The predicted molar refractivity (Wildman–Crippen MR) is 131 cm³/mol. The van der Waals surface area contributed by atoms with E-state index in [4.69, 9.17) is 4.74 Å². The molecule has 0 radical (unpaired) electrons. The topological polar surface area (TPSA) is 62.2 Å². The fourth-order valence-electron chi connectivity index (χ4n) is 4.33. The van der Waals surface area contributed by atoms with Crippen LogP contribution in [0, 0.1) is 0 Å². The van der Waals surface area contributed by atoms with E-state index in [0.29, 0.717) is 17.5 Å². The Labute approximate surface area is 191 Å². The van der Waals surface area contributed by atoms with Crippen LogP contribution in [0.4, 0.5) is 11.4 Å². The molecule has 0 saturated carbocycles. The highest BCUT2D eigenvalue weighted by Gasteiger charge is 2.47. The molecule has 170 valence electrons. The van der Waals surface area contributed by atoms with Gasteiger partial charge >= 0.3 is 0 Å². The molecule has 0 bridgehead atoms. The minimum absolute atomic E-state index is 0.0238. The number of rotatable bonds is 4. The number of amidine groups is 1. The second-order valence-corrected chi connectivity index (χ2v) is 11.4. The van der Waals surface area contributed by atoms with Gasteiger partial charge in [-0.25, -0.2) is 13.4 Å². The van der Waals surface area contributed by atoms with Crippen LogP contribution in [-0.4, -0.2) is 53.5 Å². The molecule has 2 unspecified atom stereocenters. The predicted octanol–water partition coefficient (Wildman–Crippen LogP) is 4.11. The standard InChI is InChI=1S/C25H31N3O3S/c1-17-16-26-24(31-17)28-22-13-12-20(32(6,29)30)15-21(22)25(2,3)23(28)14-9-18-7-10-19(11-8-18)27(4)5/h7-15,17,23H,16H2,1-6H3. The maximum atomic E-state index is 12.2. The van der Waals surface area contributed by atoms with Crippen LogP contribution >= 0.6 is 0 Å². The summed E-state index contributed by atoms with van der Waals surface area (Å²) in [5.74, 6) is 0. The zero-order chi connectivity index (χ0) is 23.3. The number of benzene rings is 2. The second kappa shape index (κ2) is 7.96. The number of fused-ring (bicyclic) bond motifs is 1. The molecule has 2 aromatic carbocycles. The lowest BCUT2D eigenvalue weighted by atomic mass is 9.80. The Morgan fingerprint density at radius 2 is 1.84 bits per heavy atom. The van der Waals surface area contributed by atoms with Gasteiger partial charge in [0.15, 0.2) is 9.84 Å². The lowest BCUT2D eigenvalue weighted by Crippen LogP contribution is -2.44. The molecule has 2 aromatic rings. The lowest BCUT2D eigenvalue weighted by Gasteiger charge is -2.31. The summed E-state index contributed by atoms with van der Waals surface area (Å²) in [7, 11) is 0.740. The number of sulfone groups is 1. The number of ether oxygens (including phenoxy) is 1. The number of nitrogens with zero attached hydrogens (tertiary/aromatic N) is 3. The summed E-state index contributed by atoms with van der Waals surface area (Å²) in [5, 5.41) is 0. The Hall–Kier alpha value is -2.80. The fourth-order valence-corrected chi connectivity index (χ4v) is 4.98. The van der Waals surface area contributed by atoms with Crippen LogP contribution in [0.3, 0.4) is 0 Å². The molecule has 2 aliphatic heterocycles. The summed E-state index contributed by atoms with van der Waals surface area (Å²) < 4.78 is 30.5. The van der Waals surface area contributed by atoms with Crippen LogP contribution in [0.25, 0.3) is 6.08 Å². The van der Waals surface area contributed by atoms with Gasteiger partial charge in [0.2, 0.25) is 0 Å². The van der Waals surface area contributed by atoms with E-state index in [0.717, 1.165) is 22.5 Å². The molecule has 6 nitrogen and oxygen atoms in total. The van der Waals surface area contributed by atoms with Crippen LogP contribution < -0.4 is 9.80 Å². The van der Waals surface area contributed by atoms with Crippen LogP contribution in [0.15, 0.2) is 58.4 Å². The monoisotopic (exact) mass is 453 g/mol. The Bertz CT molecular complexity index is 1180. The maximum Gasteiger partial charge on any atom is 0.292 e. The minimum atomic E-state index is -3.31. The third-order valence-corrected chi connectivity index (χ3v) is 7.35. The van der Waals surface area contributed by atoms with Gasteiger partial charge in [0.05, 0.1) is 17.5 Å². The van der Waals surface area contributed by atoms with Gasteiger partial charge < -0.3 is 9.64 Å². The molecular formula is C25H31N3O3S. The van der Waals surface area contributed by atoms with E-state index in [1.807, 2.05) is 27.1 Å². The smallest absolute Gasteiger partial charge is 0.292 e. The third-order valence-electron chi connectivity index (χ3n) is 6.24. The molecule has 2 heterocycles. The van der Waals surface area contributed by atoms with Crippen molar-refractivity contribution < 1.29 is 13.2 Å². The molecule has 0 spiro atoms. The summed E-state index contributed by atoms with van der Waals surface area (Å²) in [5.41, 5.74) is 3.81. The molecule has 0 fully saturated rings. The molecule has 2 atom stereocenters. The van der Waals surface area contributed by atoms with Crippen LogP contribution in [0.1, 0.15) is 31.9 Å². The summed E-state index contributed by atoms with van der Waals surface area (Å²) in [4.78, 5) is 9.14. The molecule has 0 aromatic heterocycles. The summed E-state index contributed by atoms with van der Waals surface area (Å²) in [6.45, 7) is 6.90. The van der Waals surface area contributed by atoms with Crippen molar-refractivity contribution in [1.82, 2.24) is 0 Å². The van der Waals surface area contributed by atoms with E-state index in [1.54, 1.807) is 12.1 Å². The van der Waals surface area contributed by atoms with E-state index < -0.39 is 9.84 Å². The number of hydrogen-bond donors (Lipinski definition) is 0. The molecule has 0 amide bonds. The molecule has 0 N–H and O–H groups in total. The second-order valence-electron chi connectivity index (χ2n) is 9.38. The molecular weight excluding hydrogens is 422 g/mol. The van der Waals surface area contributed by atoms with Gasteiger partial charge in [-0.1, -0.05) is 38.1 Å². The molecule has 0 saturated heterocycles. The van der Waals surface area contributed by atoms with Gasteiger partial charge in [0.25, 0.3) is 6.02 Å². The van der Waals surface area contributed by atoms with Crippen molar-refractivity contribution in [1.29, 1.82) is 0 Å². The van der Waals surface area contributed by atoms with Crippen LogP contribution in [0.5, 0.6) is 0 Å². The number of anilines is 2. The Morgan fingerprint density at radius 3 is 2.41 bits per heavy atom. The van der Waals surface area contributed by atoms with Crippen molar-refractivity contribution in [3.63, 3.8) is 0 Å². The third kappa shape index (κ3) is 4.01. The van der Waals surface area contributed by atoms with Crippen molar-refractivity contribution in [3.05, 3.63) is 59.7 Å². The van der Waals surface area contributed by atoms with Crippen molar-refractivity contribution >= 4 is 33.3 Å². The summed E-state index contributed by atoms with van der Waals surface area (Å²) in [6.07, 6.45) is 5.55. The SMILES string of the molecule is CC1CN=C(N2c3ccc(S(C)(=O)=O)cc3C(C)(C)C2C=Cc2ccc(N(C)C)cc2)O1. The Morgan fingerprint density at radius 1 is 1.16 bits per heavy atom. The van der Waals surface area contributed by atoms with Crippen molar-refractivity contribution in [2.75, 3.05) is 36.7 Å². The van der Waals surface area contributed by atoms with Gasteiger partial charge in [-0.15, -0.1) is 0 Å². The van der Waals surface area contributed by atoms with E-state index in [2.05, 4.69) is 65.1 Å². The average Bonchev–Trinajstić information content (AvgIpc) is 3.24. The van der Waals surface area contributed by atoms with Gasteiger partial charge in [0, 0.05) is 37.1 Å². The van der Waals surface area contributed by atoms with Gasteiger partial charge in [-0.3, -0.25) is 4.90 Å². The largest absolute Gasteiger partial charge is 0.460 e. The maximum absolute atomic E-state index is 12.2. The minimum Gasteiger partial charge on any atom is -0.460 e. The first-order chi connectivity index (χ1) is 15.0. The molecule has 7 heteroatoms. The highest BCUT2D eigenvalue weighted by molar-refractivity contribution is 7.90. The van der Waals surface area contributed by atoms with E-state index in [1.165, 1.54) is 6.26 Å². The van der Waals surface area contributed by atoms with E-state index >= 15 is 0 Å². The molecule has 2 aliphatic rings. The average molecular weight is 454 g/mol. The lowest BCUT2D eigenvalue weighted by molar-refractivity contribution is 0.238. The van der Waals surface area contributed by atoms with Crippen molar-refractivity contribution in [2.24, 2.45) is 4.99 Å². The molecule has 32 heavy (non-hydrogen) atoms. The quantitative estimate of drug-likeness (QED) is 0.697. The van der Waals surface area contributed by atoms with Gasteiger partial charge in [-0.05, 0) is 48.4 Å². The number of hydrogen-bond acceptors (Lipinski definition) is 6. The fraction of sp³-hybridized carbons (Fsp3) is 0.400. The summed E-state index contributed by atoms with van der Waals surface area (Å²) >= 11 is 0. The highest BCUT2D eigenvalue weighted by atomic mass is 32.2. The van der Waals surface area contributed by atoms with Gasteiger partial charge in [-0.2, -0.15) is 0 Å². The first-order valence-corrected chi connectivity index (χ1v) is 12.7. The Kier molecular flexibility index (Phi) is 5.57. The van der Waals surface area contributed by atoms with Crippen molar-refractivity contribution in [3.8, 4) is 0 Å². The number of aliphatic imine (C=N–C) groups is 1. The first-order valence-electron chi connectivity index (χ1n) is 10.8. The van der Waals surface area contributed by atoms with Crippen LogP contribution in [-0.2, 0) is 20.0 Å². The molecule has 4 rings (SSSR count).